The van der Waals surface area contributed by atoms with Crippen molar-refractivity contribution in [1.29, 1.82) is 0 Å². The zero-order valence-corrected chi connectivity index (χ0v) is 16.8. The maximum Gasteiger partial charge on any atom is 0.243 e. The Kier molecular flexibility index (Phi) is 7.13. The van der Waals surface area contributed by atoms with E-state index in [2.05, 4.69) is 12.2 Å². The van der Waals surface area contributed by atoms with Crippen molar-refractivity contribution in [2.75, 3.05) is 32.5 Å². The minimum absolute atomic E-state index is 0.0276. The second-order valence-corrected chi connectivity index (χ2v) is 7.12. The van der Waals surface area contributed by atoms with Crippen molar-refractivity contribution < 1.29 is 9.59 Å². The third kappa shape index (κ3) is 5.93. The van der Waals surface area contributed by atoms with Gasteiger partial charge in [-0.3, -0.25) is 14.5 Å². The van der Waals surface area contributed by atoms with E-state index in [-0.39, 0.29) is 30.9 Å². The van der Waals surface area contributed by atoms with E-state index in [1.807, 2.05) is 74.3 Å². The molecule has 0 heterocycles. The van der Waals surface area contributed by atoms with Gasteiger partial charge in [0.05, 0.1) is 13.1 Å². The van der Waals surface area contributed by atoms with E-state index in [1.165, 1.54) is 4.90 Å². The number of aryl methyl sites for hydroxylation is 2. The summed E-state index contributed by atoms with van der Waals surface area (Å²) >= 11 is 0. The molecule has 0 saturated carbocycles. The zero-order valence-electron chi connectivity index (χ0n) is 16.8. The van der Waals surface area contributed by atoms with Crippen LogP contribution in [0.4, 0.5) is 5.69 Å². The van der Waals surface area contributed by atoms with Gasteiger partial charge in [-0.15, -0.1) is 0 Å². The Balaban J connectivity index is 1.89. The van der Waals surface area contributed by atoms with Crippen LogP contribution < -0.4 is 5.32 Å². The summed E-state index contributed by atoms with van der Waals surface area (Å²) in [5, 5.41) is 2.89. The van der Waals surface area contributed by atoms with Crippen LogP contribution >= 0.6 is 0 Å². The lowest BCUT2D eigenvalue weighted by atomic mass is 10.1. The number of hydrogen-bond acceptors (Lipinski definition) is 3. The molecule has 2 rings (SSSR count). The van der Waals surface area contributed by atoms with Gasteiger partial charge in [-0.2, -0.15) is 0 Å². The topological polar surface area (TPSA) is 52.7 Å². The number of carbonyl (C=O) groups is 2. The first-order valence-corrected chi connectivity index (χ1v) is 9.14. The van der Waals surface area contributed by atoms with Crippen LogP contribution in [0.5, 0.6) is 0 Å². The quantitative estimate of drug-likeness (QED) is 0.816. The Hall–Kier alpha value is -2.66. The lowest BCUT2D eigenvalue weighted by Crippen LogP contribution is -2.41. The molecule has 0 unspecified atom stereocenters. The lowest BCUT2D eigenvalue weighted by Gasteiger charge is -2.27. The molecule has 5 nitrogen and oxygen atoms in total. The largest absolute Gasteiger partial charge is 0.335 e. The molecule has 0 fully saturated rings. The predicted molar refractivity (Wildman–Crippen MR) is 110 cm³/mol. The number of nitrogens with zero attached hydrogens (tertiary/aromatic N) is 2. The van der Waals surface area contributed by atoms with Crippen LogP contribution in [0.25, 0.3) is 0 Å². The van der Waals surface area contributed by atoms with E-state index in [9.17, 15) is 9.59 Å². The van der Waals surface area contributed by atoms with Crippen molar-refractivity contribution in [2.45, 2.75) is 26.8 Å². The third-order valence-electron chi connectivity index (χ3n) is 4.80. The van der Waals surface area contributed by atoms with Crippen LogP contribution in [-0.4, -0.2) is 48.8 Å². The van der Waals surface area contributed by atoms with Crippen molar-refractivity contribution in [3.8, 4) is 0 Å². The van der Waals surface area contributed by atoms with Gasteiger partial charge in [0.25, 0.3) is 0 Å². The fourth-order valence-corrected chi connectivity index (χ4v) is 2.82. The number of amides is 2. The Morgan fingerprint density at radius 1 is 1.00 bits per heavy atom. The molecular weight excluding hydrogens is 338 g/mol. The summed E-state index contributed by atoms with van der Waals surface area (Å²) in [6, 6.07) is 16.1. The van der Waals surface area contributed by atoms with Crippen LogP contribution in [0.15, 0.2) is 48.5 Å². The van der Waals surface area contributed by atoms with Crippen molar-refractivity contribution in [3.05, 3.63) is 65.2 Å². The number of likely N-dealkylation sites (N-methyl/N-ethyl adjacent to an activating group) is 2. The van der Waals surface area contributed by atoms with Crippen molar-refractivity contribution >= 4 is 17.5 Å². The smallest absolute Gasteiger partial charge is 0.243 e. The number of rotatable bonds is 7. The van der Waals surface area contributed by atoms with Crippen LogP contribution in [-0.2, 0) is 9.59 Å². The maximum atomic E-state index is 12.5. The molecule has 2 aromatic carbocycles. The molecule has 1 atom stereocenters. The Bertz CT molecular complexity index is 789. The molecule has 5 heteroatoms. The standard InChI is InChI=1S/C22H29N3O2/c1-16-11-12-17(2)20(13-16)23-21(26)14-25(5)22(27)15-24(4)18(3)19-9-7-6-8-10-19/h6-13,18H,14-15H2,1-5H3,(H,23,26)/t18-/m0/s1. The first kappa shape index (κ1) is 20.6. The monoisotopic (exact) mass is 367 g/mol. The SMILES string of the molecule is Cc1ccc(C)c(NC(=O)CN(C)C(=O)CN(C)[C@@H](C)c2ccccc2)c1. The summed E-state index contributed by atoms with van der Waals surface area (Å²) in [6.45, 7) is 6.28. The highest BCUT2D eigenvalue weighted by atomic mass is 16.2. The van der Waals surface area contributed by atoms with E-state index in [4.69, 9.17) is 0 Å². The lowest BCUT2D eigenvalue weighted by molar-refractivity contribution is -0.134. The average molecular weight is 367 g/mol. The summed E-state index contributed by atoms with van der Waals surface area (Å²) in [4.78, 5) is 28.3. The van der Waals surface area contributed by atoms with Gasteiger partial charge in [-0.1, -0.05) is 42.5 Å². The second kappa shape index (κ2) is 9.33. The number of hydrogen-bond donors (Lipinski definition) is 1. The number of nitrogens with one attached hydrogen (secondary N) is 1. The molecule has 0 aromatic heterocycles. The molecule has 2 aromatic rings. The molecular formula is C22H29N3O2. The number of carbonyl (C=O) groups excluding carboxylic acids is 2. The Morgan fingerprint density at radius 2 is 1.67 bits per heavy atom. The van der Waals surface area contributed by atoms with Gasteiger partial charge in [0.2, 0.25) is 11.8 Å². The summed E-state index contributed by atoms with van der Waals surface area (Å²) in [6.07, 6.45) is 0. The summed E-state index contributed by atoms with van der Waals surface area (Å²) in [5.41, 5.74) is 4.02. The zero-order chi connectivity index (χ0) is 20.0. The Morgan fingerprint density at radius 3 is 2.33 bits per heavy atom. The van der Waals surface area contributed by atoms with Crippen molar-refractivity contribution in [1.82, 2.24) is 9.80 Å². The minimum atomic E-state index is -0.196. The van der Waals surface area contributed by atoms with Crippen LogP contribution in [0, 0.1) is 13.8 Å². The fraction of sp³-hybridized carbons (Fsp3) is 0.364. The molecule has 2 amide bonds. The molecule has 0 saturated heterocycles. The van der Waals surface area contributed by atoms with Gasteiger partial charge < -0.3 is 10.2 Å². The minimum Gasteiger partial charge on any atom is -0.335 e. The first-order valence-electron chi connectivity index (χ1n) is 9.14. The molecule has 0 bridgehead atoms. The second-order valence-electron chi connectivity index (χ2n) is 7.12. The molecule has 144 valence electrons. The highest BCUT2D eigenvalue weighted by molar-refractivity contribution is 5.95. The third-order valence-corrected chi connectivity index (χ3v) is 4.80. The van der Waals surface area contributed by atoms with Gasteiger partial charge in [0, 0.05) is 18.8 Å². The normalized spacial score (nSPS) is 11.9. The molecule has 27 heavy (non-hydrogen) atoms. The molecule has 0 radical (unpaired) electrons. The number of benzene rings is 2. The number of anilines is 1. The van der Waals surface area contributed by atoms with Crippen LogP contribution in [0.2, 0.25) is 0 Å². The van der Waals surface area contributed by atoms with E-state index in [0.717, 1.165) is 22.4 Å². The molecule has 0 aliphatic heterocycles. The highest BCUT2D eigenvalue weighted by Crippen LogP contribution is 2.18. The van der Waals surface area contributed by atoms with Gasteiger partial charge >= 0.3 is 0 Å². The molecule has 0 aliphatic rings. The summed E-state index contributed by atoms with van der Waals surface area (Å²) in [7, 11) is 3.58. The molecule has 0 aliphatic carbocycles. The maximum absolute atomic E-state index is 12.5. The average Bonchev–Trinajstić information content (AvgIpc) is 2.64. The highest BCUT2D eigenvalue weighted by Gasteiger charge is 2.19. The fourth-order valence-electron chi connectivity index (χ4n) is 2.82. The van der Waals surface area contributed by atoms with Gasteiger partial charge in [0.1, 0.15) is 0 Å². The van der Waals surface area contributed by atoms with Crippen molar-refractivity contribution in [3.63, 3.8) is 0 Å². The first-order chi connectivity index (χ1) is 12.8. The van der Waals surface area contributed by atoms with E-state index >= 15 is 0 Å². The molecule has 0 spiro atoms. The van der Waals surface area contributed by atoms with Crippen molar-refractivity contribution in [2.24, 2.45) is 0 Å². The molecule has 1 N–H and O–H groups in total. The van der Waals surface area contributed by atoms with Crippen LogP contribution in [0.1, 0.15) is 29.7 Å². The summed E-state index contributed by atoms with van der Waals surface area (Å²) < 4.78 is 0. The van der Waals surface area contributed by atoms with E-state index in [0.29, 0.717) is 0 Å². The van der Waals surface area contributed by atoms with E-state index < -0.39 is 0 Å². The summed E-state index contributed by atoms with van der Waals surface area (Å²) in [5.74, 6) is -0.283. The Labute approximate surface area is 162 Å². The van der Waals surface area contributed by atoms with Crippen LogP contribution in [0.3, 0.4) is 0 Å². The van der Waals surface area contributed by atoms with E-state index in [1.54, 1.807) is 7.05 Å². The predicted octanol–water partition coefficient (Wildman–Crippen LogP) is 3.39. The van der Waals surface area contributed by atoms with Gasteiger partial charge in [-0.05, 0) is 50.6 Å². The van der Waals surface area contributed by atoms with Gasteiger partial charge in [-0.25, -0.2) is 0 Å². The van der Waals surface area contributed by atoms with Gasteiger partial charge in [0.15, 0.2) is 0 Å².